The molecule has 3 heterocycles. The molecule has 1 amide bonds. The first-order chi connectivity index (χ1) is 18.6. The van der Waals surface area contributed by atoms with Crippen molar-refractivity contribution in [1.82, 2.24) is 19.5 Å². The van der Waals surface area contributed by atoms with Crippen LogP contribution < -0.4 is 9.64 Å². The molecule has 0 atom stereocenters. The van der Waals surface area contributed by atoms with Crippen LogP contribution in [0.5, 0.6) is 5.75 Å². The second-order valence-corrected chi connectivity index (χ2v) is 9.62. The number of hydrogen-bond donors (Lipinski definition) is 0. The van der Waals surface area contributed by atoms with E-state index in [0.717, 1.165) is 47.0 Å². The molecular weight excluding hydrogens is 498 g/mol. The van der Waals surface area contributed by atoms with Crippen LogP contribution in [0, 0.1) is 0 Å². The third-order valence-electron chi connectivity index (χ3n) is 6.82. The fraction of sp³-hybridized carbons (Fsp3) is 0.167. The van der Waals surface area contributed by atoms with E-state index in [1.54, 1.807) is 11.6 Å². The van der Waals surface area contributed by atoms with Crippen LogP contribution >= 0.6 is 11.6 Å². The minimum atomic E-state index is -0.0927. The van der Waals surface area contributed by atoms with Gasteiger partial charge in [0.25, 0.3) is 5.91 Å². The molecule has 0 unspecified atom stereocenters. The van der Waals surface area contributed by atoms with E-state index in [1.165, 1.54) is 0 Å². The number of carbonyl (C=O) groups is 1. The number of rotatable bonds is 5. The van der Waals surface area contributed by atoms with Crippen molar-refractivity contribution in [2.24, 2.45) is 0 Å². The van der Waals surface area contributed by atoms with Gasteiger partial charge in [0.15, 0.2) is 5.65 Å². The van der Waals surface area contributed by atoms with Gasteiger partial charge in [0.05, 0.1) is 18.5 Å². The third-order valence-corrected chi connectivity index (χ3v) is 7.06. The Balaban J connectivity index is 1.35. The van der Waals surface area contributed by atoms with Gasteiger partial charge in [0, 0.05) is 54.1 Å². The molecule has 5 aromatic rings. The Morgan fingerprint density at radius 3 is 2.37 bits per heavy atom. The van der Waals surface area contributed by atoms with Gasteiger partial charge in [-0.25, -0.2) is 9.50 Å². The molecule has 190 valence electrons. The molecule has 0 N–H and O–H groups in total. The van der Waals surface area contributed by atoms with E-state index in [0.29, 0.717) is 29.5 Å². The van der Waals surface area contributed by atoms with E-state index in [2.05, 4.69) is 4.90 Å². The molecule has 0 spiro atoms. The van der Waals surface area contributed by atoms with Crippen molar-refractivity contribution in [1.29, 1.82) is 0 Å². The number of nitrogens with zero attached hydrogens (tertiary/aromatic N) is 5. The molecule has 0 radical (unpaired) electrons. The third kappa shape index (κ3) is 4.68. The van der Waals surface area contributed by atoms with Crippen molar-refractivity contribution in [3.05, 3.63) is 102 Å². The minimum Gasteiger partial charge on any atom is -0.497 e. The first kappa shape index (κ1) is 24.0. The van der Waals surface area contributed by atoms with Gasteiger partial charge in [0.2, 0.25) is 0 Å². The lowest BCUT2D eigenvalue weighted by Gasteiger charge is -2.36. The largest absolute Gasteiger partial charge is 0.497 e. The molecule has 0 bridgehead atoms. The molecule has 1 aliphatic heterocycles. The maximum absolute atomic E-state index is 13.7. The van der Waals surface area contributed by atoms with Crippen LogP contribution in [0.2, 0.25) is 5.02 Å². The quantitative estimate of drug-likeness (QED) is 0.296. The monoisotopic (exact) mass is 523 g/mol. The molecular formula is C30H26ClN5O2. The number of halogens is 1. The maximum Gasteiger partial charge on any atom is 0.272 e. The Hall–Kier alpha value is -4.36. The Kier molecular flexibility index (Phi) is 6.43. The highest BCUT2D eigenvalue weighted by molar-refractivity contribution is 6.30. The lowest BCUT2D eigenvalue weighted by Crippen LogP contribution is -2.49. The summed E-state index contributed by atoms with van der Waals surface area (Å²) < 4.78 is 7.25. The zero-order valence-electron chi connectivity index (χ0n) is 20.9. The molecule has 7 nitrogen and oxygen atoms in total. The lowest BCUT2D eigenvalue weighted by atomic mass is 10.1. The summed E-state index contributed by atoms with van der Waals surface area (Å²) in [5.74, 6) is 0.637. The molecule has 2 aromatic heterocycles. The van der Waals surface area contributed by atoms with Crippen LogP contribution in [-0.2, 0) is 0 Å². The van der Waals surface area contributed by atoms with Gasteiger partial charge in [-0.15, -0.1) is 0 Å². The normalized spacial score (nSPS) is 13.6. The molecule has 8 heteroatoms. The van der Waals surface area contributed by atoms with Crippen molar-refractivity contribution >= 4 is 28.8 Å². The van der Waals surface area contributed by atoms with Crippen molar-refractivity contribution < 1.29 is 9.53 Å². The van der Waals surface area contributed by atoms with Crippen molar-refractivity contribution in [2.45, 2.75) is 0 Å². The van der Waals surface area contributed by atoms with Gasteiger partial charge in [-0.05, 0) is 36.4 Å². The first-order valence-electron chi connectivity index (χ1n) is 12.5. The number of amides is 1. The molecule has 3 aromatic carbocycles. The summed E-state index contributed by atoms with van der Waals surface area (Å²) in [5, 5.41) is 5.56. The number of anilines is 1. The van der Waals surface area contributed by atoms with Crippen molar-refractivity contribution in [3.8, 4) is 28.3 Å². The van der Waals surface area contributed by atoms with Gasteiger partial charge in [-0.1, -0.05) is 60.1 Å². The lowest BCUT2D eigenvalue weighted by molar-refractivity contribution is 0.0741. The topological polar surface area (TPSA) is 63.0 Å². The van der Waals surface area contributed by atoms with Gasteiger partial charge in [0.1, 0.15) is 11.4 Å². The highest BCUT2D eigenvalue weighted by Gasteiger charge is 2.25. The Morgan fingerprint density at radius 1 is 0.842 bits per heavy atom. The van der Waals surface area contributed by atoms with Crippen LogP contribution in [0.25, 0.3) is 28.2 Å². The predicted octanol–water partition coefficient (Wildman–Crippen LogP) is 5.69. The van der Waals surface area contributed by atoms with Crippen LogP contribution in [0.4, 0.5) is 5.69 Å². The van der Waals surface area contributed by atoms with E-state index in [9.17, 15) is 4.79 Å². The second-order valence-electron chi connectivity index (χ2n) is 9.18. The molecule has 0 saturated carbocycles. The summed E-state index contributed by atoms with van der Waals surface area (Å²) in [7, 11) is 1.64. The zero-order valence-corrected chi connectivity index (χ0v) is 21.7. The van der Waals surface area contributed by atoms with E-state index in [-0.39, 0.29) is 5.91 Å². The highest BCUT2D eigenvalue weighted by atomic mass is 35.5. The van der Waals surface area contributed by atoms with E-state index >= 15 is 0 Å². The molecule has 1 saturated heterocycles. The summed E-state index contributed by atoms with van der Waals surface area (Å²) in [4.78, 5) is 22.6. The van der Waals surface area contributed by atoms with E-state index in [1.807, 2.05) is 95.9 Å². The van der Waals surface area contributed by atoms with Gasteiger partial charge >= 0.3 is 0 Å². The summed E-state index contributed by atoms with van der Waals surface area (Å²) in [6.07, 6.45) is 0. The molecule has 1 aliphatic rings. The molecule has 1 fully saturated rings. The molecule has 6 rings (SSSR count). The predicted molar refractivity (Wildman–Crippen MR) is 150 cm³/mol. The van der Waals surface area contributed by atoms with Crippen LogP contribution in [0.1, 0.15) is 10.5 Å². The van der Waals surface area contributed by atoms with Crippen molar-refractivity contribution in [3.63, 3.8) is 0 Å². The number of fused-ring (bicyclic) bond motifs is 1. The van der Waals surface area contributed by atoms with E-state index in [4.69, 9.17) is 26.4 Å². The summed E-state index contributed by atoms with van der Waals surface area (Å²) in [5.41, 5.74) is 5.52. The molecule has 38 heavy (non-hydrogen) atoms. The fourth-order valence-corrected chi connectivity index (χ4v) is 5.01. The minimum absolute atomic E-state index is 0.0927. The Labute approximate surface area is 225 Å². The first-order valence-corrected chi connectivity index (χ1v) is 12.9. The van der Waals surface area contributed by atoms with Crippen molar-refractivity contribution in [2.75, 3.05) is 38.2 Å². The zero-order chi connectivity index (χ0) is 26.1. The fourth-order valence-electron chi connectivity index (χ4n) is 4.82. The van der Waals surface area contributed by atoms with Crippen LogP contribution in [0.15, 0.2) is 91.0 Å². The summed E-state index contributed by atoms with van der Waals surface area (Å²) >= 11 is 6.18. The number of ether oxygens (including phenoxy) is 1. The van der Waals surface area contributed by atoms with Gasteiger partial charge in [-0.2, -0.15) is 5.10 Å². The van der Waals surface area contributed by atoms with Crippen LogP contribution in [0.3, 0.4) is 0 Å². The number of piperazine rings is 1. The van der Waals surface area contributed by atoms with E-state index < -0.39 is 0 Å². The number of methoxy groups -OCH3 is 1. The van der Waals surface area contributed by atoms with Gasteiger partial charge < -0.3 is 14.5 Å². The van der Waals surface area contributed by atoms with Crippen LogP contribution in [-0.4, -0.2) is 58.7 Å². The summed E-state index contributed by atoms with van der Waals surface area (Å²) in [6.45, 7) is 2.65. The number of carbonyl (C=O) groups excluding carboxylic acids is 1. The van der Waals surface area contributed by atoms with Gasteiger partial charge in [-0.3, -0.25) is 4.79 Å². The molecule has 0 aliphatic carbocycles. The second kappa shape index (κ2) is 10.2. The number of aromatic nitrogens is 3. The Bertz CT molecular complexity index is 1610. The smallest absolute Gasteiger partial charge is 0.272 e. The average molecular weight is 524 g/mol. The number of benzene rings is 3. The highest BCUT2D eigenvalue weighted by Crippen LogP contribution is 2.28. The maximum atomic E-state index is 13.7. The number of hydrogen-bond acceptors (Lipinski definition) is 5. The SMILES string of the molecule is COc1cccc(-c2cc(C(=O)N3CCN(c4cccc(Cl)c4)CC3)nc3cc(-c4ccccc4)nn23)c1. The Morgan fingerprint density at radius 2 is 1.61 bits per heavy atom. The summed E-state index contributed by atoms with van der Waals surface area (Å²) in [6, 6.07) is 29.3. The standard InChI is InChI=1S/C30H26ClN5O2/c1-38-25-12-5-9-22(17-25)28-19-27(32-29-20-26(33-36(28)29)21-7-3-2-4-8-21)30(37)35-15-13-34(14-16-35)24-11-6-10-23(31)18-24/h2-12,17-20H,13-16H2,1H3. The average Bonchev–Trinajstić information content (AvgIpc) is 3.41.